The second kappa shape index (κ2) is 9.61. The Morgan fingerprint density at radius 3 is 2.47 bits per heavy atom. The fourth-order valence-electron chi connectivity index (χ4n) is 3.51. The molecule has 0 atom stereocenters. The maximum Gasteiger partial charge on any atom is 0.268 e. The van der Waals surface area contributed by atoms with Crippen LogP contribution in [-0.2, 0) is 17.6 Å². The van der Waals surface area contributed by atoms with Crippen molar-refractivity contribution in [1.82, 2.24) is 15.6 Å². The van der Waals surface area contributed by atoms with Gasteiger partial charge in [0.1, 0.15) is 11.4 Å². The molecule has 1 aromatic carbocycles. The van der Waals surface area contributed by atoms with Crippen molar-refractivity contribution in [3.8, 4) is 5.75 Å². The van der Waals surface area contributed by atoms with Crippen molar-refractivity contribution in [2.24, 2.45) is 0 Å². The van der Waals surface area contributed by atoms with Crippen LogP contribution < -0.4 is 15.4 Å². The Morgan fingerprint density at radius 2 is 1.87 bits per heavy atom. The van der Waals surface area contributed by atoms with E-state index < -0.39 is 0 Å². The number of carbonyl (C=O) groups excluding carboxylic acids is 3. The van der Waals surface area contributed by atoms with Gasteiger partial charge in [0, 0.05) is 23.8 Å². The van der Waals surface area contributed by atoms with E-state index in [0.717, 1.165) is 29.7 Å². The highest BCUT2D eigenvalue weighted by molar-refractivity contribution is 6.02. The molecule has 30 heavy (non-hydrogen) atoms. The van der Waals surface area contributed by atoms with Crippen LogP contribution in [0.1, 0.15) is 64.4 Å². The molecule has 3 rings (SSSR count). The third-order valence-electron chi connectivity index (χ3n) is 5.16. The summed E-state index contributed by atoms with van der Waals surface area (Å²) in [4.78, 5) is 39.2. The monoisotopic (exact) mass is 411 g/mol. The van der Waals surface area contributed by atoms with Crippen LogP contribution in [0.2, 0.25) is 0 Å². The Morgan fingerprint density at radius 1 is 1.17 bits per heavy atom. The number of hydrogen-bond acceptors (Lipinski definition) is 4. The molecule has 3 N–H and O–H groups in total. The summed E-state index contributed by atoms with van der Waals surface area (Å²) in [6.45, 7) is 5.75. The smallest absolute Gasteiger partial charge is 0.268 e. The zero-order chi connectivity index (χ0) is 21.7. The topological polar surface area (TPSA) is 100 Å². The van der Waals surface area contributed by atoms with Crippen molar-refractivity contribution < 1.29 is 19.1 Å². The van der Waals surface area contributed by atoms with E-state index in [2.05, 4.69) is 15.6 Å². The second-order valence-corrected chi connectivity index (χ2v) is 7.67. The predicted molar refractivity (Wildman–Crippen MR) is 114 cm³/mol. The zero-order valence-electron chi connectivity index (χ0n) is 17.8. The summed E-state index contributed by atoms with van der Waals surface area (Å²) in [7, 11) is 0. The lowest BCUT2D eigenvalue weighted by molar-refractivity contribution is -0.123. The summed E-state index contributed by atoms with van der Waals surface area (Å²) in [5.41, 5.74) is 3.63. The Hall–Kier alpha value is -3.09. The summed E-state index contributed by atoms with van der Waals surface area (Å²) in [5, 5.41) is 5.80. The minimum absolute atomic E-state index is 0.0173. The number of hydrogen-bond donors (Lipinski definition) is 3. The molecule has 0 aliphatic heterocycles. The first-order chi connectivity index (χ1) is 14.4. The Balaban J connectivity index is 1.48. The molecule has 1 heterocycles. The molecule has 1 fully saturated rings. The molecule has 0 spiro atoms. The first-order valence-electron chi connectivity index (χ1n) is 10.4. The highest BCUT2D eigenvalue weighted by atomic mass is 16.5. The van der Waals surface area contributed by atoms with Crippen LogP contribution >= 0.6 is 0 Å². The molecule has 7 nitrogen and oxygen atoms in total. The van der Waals surface area contributed by atoms with E-state index in [1.165, 1.54) is 6.92 Å². The van der Waals surface area contributed by atoms with Crippen molar-refractivity contribution in [3.05, 3.63) is 52.3 Å². The fourth-order valence-corrected chi connectivity index (χ4v) is 3.51. The van der Waals surface area contributed by atoms with E-state index >= 15 is 0 Å². The molecule has 160 valence electrons. The third-order valence-corrected chi connectivity index (χ3v) is 5.16. The number of ether oxygens (including phenoxy) is 1. The predicted octanol–water partition coefficient (Wildman–Crippen LogP) is 2.72. The molecule has 1 saturated carbocycles. The molecular formula is C23H29N3O4. The van der Waals surface area contributed by atoms with Gasteiger partial charge in [0.05, 0.1) is 0 Å². The number of carbonyl (C=O) groups is 3. The SMILES string of the molecule is CCc1c(C(=O)NCCc2ccc(OCC(=O)NC3CC3)cc2)[nH]c(C)c1C(C)=O. The van der Waals surface area contributed by atoms with Crippen LogP contribution in [0, 0.1) is 6.92 Å². The number of rotatable bonds is 10. The molecule has 1 aromatic heterocycles. The van der Waals surface area contributed by atoms with Gasteiger partial charge in [0.25, 0.3) is 11.8 Å². The van der Waals surface area contributed by atoms with Crippen molar-refractivity contribution in [2.75, 3.05) is 13.2 Å². The number of Topliss-reactive ketones (excluding diaryl/α,β-unsaturated/α-hetero) is 1. The average Bonchev–Trinajstić information content (AvgIpc) is 3.46. The lowest BCUT2D eigenvalue weighted by Crippen LogP contribution is -2.30. The largest absolute Gasteiger partial charge is 0.484 e. The summed E-state index contributed by atoms with van der Waals surface area (Å²) in [5.74, 6) is 0.305. The van der Waals surface area contributed by atoms with E-state index in [1.54, 1.807) is 0 Å². The van der Waals surface area contributed by atoms with Crippen LogP contribution in [0.15, 0.2) is 24.3 Å². The van der Waals surface area contributed by atoms with E-state index in [9.17, 15) is 14.4 Å². The van der Waals surface area contributed by atoms with Crippen LogP contribution in [0.5, 0.6) is 5.75 Å². The average molecular weight is 412 g/mol. The fraction of sp³-hybridized carbons (Fsp3) is 0.435. The Bertz CT molecular complexity index is 927. The molecule has 1 aliphatic rings. The first-order valence-corrected chi connectivity index (χ1v) is 10.4. The van der Waals surface area contributed by atoms with E-state index in [-0.39, 0.29) is 24.2 Å². The minimum Gasteiger partial charge on any atom is -0.484 e. The number of nitrogens with one attached hydrogen (secondary N) is 3. The second-order valence-electron chi connectivity index (χ2n) is 7.67. The van der Waals surface area contributed by atoms with Crippen LogP contribution in [0.25, 0.3) is 0 Å². The van der Waals surface area contributed by atoms with E-state index in [0.29, 0.717) is 42.4 Å². The summed E-state index contributed by atoms with van der Waals surface area (Å²) < 4.78 is 5.50. The lowest BCUT2D eigenvalue weighted by atomic mass is 10.0. The van der Waals surface area contributed by atoms with Gasteiger partial charge in [0.15, 0.2) is 12.4 Å². The molecule has 0 bridgehead atoms. The number of benzene rings is 1. The Labute approximate surface area is 176 Å². The number of aromatic amines is 1. The van der Waals surface area contributed by atoms with Crippen LogP contribution in [0.3, 0.4) is 0 Å². The van der Waals surface area contributed by atoms with Crippen molar-refractivity contribution >= 4 is 17.6 Å². The summed E-state index contributed by atoms with van der Waals surface area (Å²) in [6, 6.07) is 7.82. The van der Waals surface area contributed by atoms with Crippen molar-refractivity contribution in [1.29, 1.82) is 0 Å². The van der Waals surface area contributed by atoms with Gasteiger partial charge in [-0.2, -0.15) is 0 Å². The maximum absolute atomic E-state index is 12.6. The van der Waals surface area contributed by atoms with E-state index in [1.807, 2.05) is 38.1 Å². The quantitative estimate of drug-likeness (QED) is 0.523. The van der Waals surface area contributed by atoms with Gasteiger partial charge in [-0.05, 0) is 62.8 Å². The molecule has 0 unspecified atom stereocenters. The normalized spacial score (nSPS) is 13.0. The van der Waals surface area contributed by atoms with E-state index in [4.69, 9.17) is 4.74 Å². The summed E-state index contributed by atoms with van der Waals surface area (Å²) in [6.07, 6.45) is 3.38. The van der Waals surface area contributed by atoms with Crippen LogP contribution in [0.4, 0.5) is 0 Å². The number of aryl methyl sites for hydroxylation is 1. The molecule has 0 saturated heterocycles. The molecule has 0 radical (unpaired) electrons. The van der Waals surface area contributed by atoms with Gasteiger partial charge in [-0.1, -0.05) is 19.1 Å². The van der Waals surface area contributed by atoms with Crippen molar-refractivity contribution in [2.45, 2.75) is 52.5 Å². The lowest BCUT2D eigenvalue weighted by Gasteiger charge is -2.09. The molecule has 1 aliphatic carbocycles. The highest BCUT2D eigenvalue weighted by Crippen LogP contribution is 2.20. The maximum atomic E-state index is 12.6. The van der Waals surface area contributed by atoms with Crippen molar-refractivity contribution in [3.63, 3.8) is 0 Å². The van der Waals surface area contributed by atoms with Gasteiger partial charge in [-0.25, -0.2) is 0 Å². The van der Waals surface area contributed by atoms with Gasteiger partial charge >= 0.3 is 0 Å². The first kappa shape index (κ1) is 21.6. The number of ketones is 1. The molecular weight excluding hydrogens is 382 g/mol. The van der Waals surface area contributed by atoms with Gasteiger partial charge in [-0.3, -0.25) is 14.4 Å². The molecule has 7 heteroatoms. The molecule has 2 amide bonds. The minimum atomic E-state index is -0.205. The Kier molecular flexibility index (Phi) is 6.92. The van der Waals surface area contributed by atoms with Gasteiger partial charge in [0.2, 0.25) is 0 Å². The van der Waals surface area contributed by atoms with Gasteiger partial charge < -0.3 is 20.4 Å². The summed E-state index contributed by atoms with van der Waals surface area (Å²) >= 11 is 0. The number of H-pyrrole nitrogens is 1. The number of aromatic nitrogens is 1. The zero-order valence-corrected chi connectivity index (χ0v) is 17.8. The van der Waals surface area contributed by atoms with Crippen LogP contribution in [-0.4, -0.2) is 41.8 Å². The molecule has 2 aromatic rings. The highest BCUT2D eigenvalue weighted by Gasteiger charge is 2.23. The third kappa shape index (κ3) is 5.49. The standard InChI is InChI=1S/C23H29N3O4/c1-4-19-21(15(3)27)14(2)25-22(19)23(29)24-12-11-16-5-9-18(10-6-16)30-13-20(28)26-17-7-8-17/h5-6,9-10,17,25H,4,7-8,11-13H2,1-3H3,(H,24,29)(H,26,28). The number of amides is 2. The van der Waals surface area contributed by atoms with Gasteiger partial charge in [-0.15, -0.1) is 0 Å².